The predicted octanol–water partition coefficient (Wildman–Crippen LogP) is 3.30. The molecule has 98 valence electrons. The molecule has 5 heteroatoms. The highest BCUT2D eigenvalue weighted by atomic mass is 19.1. The molecule has 1 N–H and O–H groups in total. The van der Waals surface area contributed by atoms with Gasteiger partial charge in [-0.25, -0.2) is 13.8 Å². The molecule has 20 heavy (non-hydrogen) atoms. The first-order valence-electron chi connectivity index (χ1n) is 5.99. The smallest absolute Gasteiger partial charge is 0.129 e. The number of nitrogens with zero attached hydrogens (tertiary/aromatic N) is 2. The zero-order valence-electron chi connectivity index (χ0n) is 10.3. The van der Waals surface area contributed by atoms with Crippen LogP contribution in [0.2, 0.25) is 0 Å². The average molecular weight is 269 g/mol. The fourth-order valence-electron chi connectivity index (χ4n) is 2.08. The highest BCUT2D eigenvalue weighted by molar-refractivity contribution is 5.76. The van der Waals surface area contributed by atoms with Gasteiger partial charge >= 0.3 is 0 Å². The summed E-state index contributed by atoms with van der Waals surface area (Å²) in [5.41, 5.74) is 1.82. The molecule has 0 aliphatic rings. The fraction of sp³-hybridized carbons (Fsp3) is 0.0667. The molecule has 0 saturated heterocycles. The number of aromatic amines is 1. The number of fused-ring (bicyclic) bond motifs is 1. The number of halogens is 2. The fourth-order valence-corrected chi connectivity index (χ4v) is 2.08. The van der Waals surface area contributed by atoms with Gasteiger partial charge in [0.15, 0.2) is 0 Å². The van der Waals surface area contributed by atoms with Gasteiger partial charge in [-0.05, 0) is 30.3 Å². The van der Waals surface area contributed by atoms with Crippen LogP contribution in [0, 0.1) is 23.0 Å². The molecule has 3 aromatic rings. The molecule has 0 aliphatic carbocycles. The molecule has 0 amide bonds. The predicted molar refractivity (Wildman–Crippen MR) is 70.0 cm³/mol. The molecule has 1 aromatic heterocycles. The average Bonchev–Trinajstić information content (AvgIpc) is 2.84. The molecule has 0 radical (unpaired) electrons. The summed E-state index contributed by atoms with van der Waals surface area (Å²) in [5, 5.41) is 8.83. The summed E-state index contributed by atoms with van der Waals surface area (Å²) in [5.74, 6) is -0.731. The maximum atomic E-state index is 13.6. The van der Waals surface area contributed by atoms with E-state index in [0.29, 0.717) is 22.4 Å². The quantitative estimate of drug-likeness (QED) is 0.776. The maximum absolute atomic E-state index is 13.6. The van der Waals surface area contributed by atoms with Gasteiger partial charge in [0.1, 0.15) is 17.5 Å². The van der Waals surface area contributed by atoms with E-state index < -0.39 is 11.6 Å². The van der Waals surface area contributed by atoms with Gasteiger partial charge in [-0.2, -0.15) is 5.26 Å². The van der Waals surface area contributed by atoms with Crippen LogP contribution in [0.5, 0.6) is 0 Å². The number of rotatable bonds is 2. The Kier molecular flexibility index (Phi) is 2.92. The molecule has 0 fully saturated rings. The van der Waals surface area contributed by atoms with Crippen molar-refractivity contribution in [1.82, 2.24) is 9.97 Å². The first-order valence-corrected chi connectivity index (χ1v) is 5.99. The molecule has 0 atom stereocenters. The molecular formula is C15H9F2N3. The summed E-state index contributed by atoms with van der Waals surface area (Å²) >= 11 is 0. The van der Waals surface area contributed by atoms with E-state index in [1.807, 2.05) is 6.07 Å². The van der Waals surface area contributed by atoms with E-state index in [2.05, 4.69) is 9.97 Å². The summed E-state index contributed by atoms with van der Waals surface area (Å²) in [7, 11) is 0. The molecule has 0 saturated carbocycles. The van der Waals surface area contributed by atoms with Crippen LogP contribution < -0.4 is 0 Å². The van der Waals surface area contributed by atoms with Gasteiger partial charge in [0.05, 0.1) is 22.7 Å². The van der Waals surface area contributed by atoms with Crippen LogP contribution in [-0.2, 0) is 6.42 Å². The molecule has 3 nitrogen and oxygen atoms in total. The summed E-state index contributed by atoms with van der Waals surface area (Å²) in [4.78, 5) is 7.24. The lowest BCUT2D eigenvalue weighted by molar-refractivity contribution is 0.559. The van der Waals surface area contributed by atoms with Gasteiger partial charge in [-0.15, -0.1) is 0 Å². The molecule has 2 aromatic carbocycles. The number of nitrogens with one attached hydrogen (secondary N) is 1. The van der Waals surface area contributed by atoms with Gasteiger partial charge in [0.25, 0.3) is 0 Å². The maximum Gasteiger partial charge on any atom is 0.129 e. The summed E-state index contributed by atoms with van der Waals surface area (Å²) in [6.45, 7) is 0. The zero-order chi connectivity index (χ0) is 14.1. The third-order valence-corrected chi connectivity index (χ3v) is 3.07. The second kappa shape index (κ2) is 4.74. The van der Waals surface area contributed by atoms with Gasteiger partial charge in [0.2, 0.25) is 0 Å². The number of hydrogen-bond acceptors (Lipinski definition) is 2. The van der Waals surface area contributed by atoms with E-state index in [-0.39, 0.29) is 12.0 Å². The number of imidazole rings is 1. The Bertz CT molecular complexity index is 810. The normalized spacial score (nSPS) is 10.7. The Morgan fingerprint density at radius 1 is 1.15 bits per heavy atom. The standard InChI is InChI=1S/C15H9F2N3/c16-11-2-1-3-12(17)10(11)7-15-19-13-5-4-9(8-18)6-14(13)20-15/h1-6H,7H2,(H,19,20). The van der Waals surface area contributed by atoms with Crippen molar-refractivity contribution in [3.63, 3.8) is 0 Å². The van der Waals surface area contributed by atoms with Crippen molar-refractivity contribution >= 4 is 11.0 Å². The minimum Gasteiger partial charge on any atom is -0.342 e. The molecular weight excluding hydrogens is 260 g/mol. The first-order chi connectivity index (χ1) is 9.67. The molecule has 0 aliphatic heterocycles. The van der Waals surface area contributed by atoms with Crippen LogP contribution in [0.25, 0.3) is 11.0 Å². The van der Waals surface area contributed by atoms with Crippen molar-refractivity contribution in [1.29, 1.82) is 5.26 Å². The molecule has 0 spiro atoms. The third kappa shape index (κ3) is 2.12. The molecule has 0 unspecified atom stereocenters. The van der Waals surface area contributed by atoms with Crippen molar-refractivity contribution in [3.8, 4) is 6.07 Å². The molecule has 3 rings (SSSR count). The van der Waals surface area contributed by atoms with Crippen LogP contribution in [0.1, 0.15) is 17.0 Å². The Morgan fingerprint density at radius 2 is 1.90 bits per heavy atom. The SMILES string of the molecule is N#Cc1ccc2nc(Cc3c(F)cccc3F)[nH]c2c1. The van der Waals surface area contributed by atoms with Crippen LogP contribution in [-0.4, -0.2) is 9.97 Å². The van der Waals surface area contributed by atoms with E-state index in [1.165, 1.54) is 18.2 Å². The van der Waals surface area contributed by atoms with Gasteiger partial charge in [-0.3, -0.25) is 0 Å². The van der Waals surface area contributed by atoms with Crippen LogP contribution in [0.3, 0.4) is 0 Å². The highest BCUT2D eigenvalue weighted by Gasteiger charge is 2.12. The monoisotopic (exact) mass is 269 g/mol. The van der Waals surface area contributed by atoms with Crippen molar-refractivity contribution in [2.45, 2.75) is 6.42 Å². The van der Waals surface area contributed by atoms with Crippen LogP contribution in [0.4, 0.5) is 8.78 Å². The Balaban J connectivity index is 2.01. The van der Waals surface area contributed by atoms with Gasteiger partial charge in [0, 0.05) is 12.0 Å². The van der Waals surface area contributed by atoms with Crippen molar-refractivity contribution in [2.24, 2.45) is 0 Å². The van der Waals surface area contributed by atoms with Gasteiger partial charge < -0.3 is 4.98 Å². The largest absolute Gasteiger partial charge is 0.342 e. The number of nitriles is 1. The summed E-state index contributed by atoms with van der Waals surface area (Å²) < 4.78 is 27.2. The Morgan fingerprint density at radius 3 is 2.60 bits per heavy atom. The lowest BCUT2D eigenvalue weighted by Crippen LogP contribution is -1.98. The van der Waals surface area contributed by atoms with Crippen molar-refractivity contribution < 1.29 is 8.78 Å². The van der Waals surface area contributed by atoms with E-state index in [1.54, 1.807) is 18.2 Å². The number of aromatic nitrogens is 2. The number of hydrogen-bond donors (Lipinski definition) is 1. The van der Waals surface area contributed by atoms with E-state index in [4.69, 9.17) is 5.26 Å². The van der Waals surface area contributed by atoms with Crippen molar-refractivity contribution in [3.05, 3.63) is 65.0 Å². The number of benzene rings is 2. The Labute approximate surface area is 113 Å². The van der Waals surface area contributed by atoms with Crippen LogP contribution in [0.15, 0.2) is 36.4 Å². The lowest BCUT2D eigenvalue weighted by atomic mass is 10.1. The zero-order valence-corrected chi connectivity index (χ0v) is 10.3. The topological polar surface area (TPSA) is 52.5 Å². The minimum atomic E-state index is -0.594. The van der Waals surface area contributed by atoms with E-state index in [0.717, 1.165) is 0 Å². The minimum absolute atomic E-state index is 0.0212. The van der Waals surface area contributed by atoms with Crippen LogP contribution >= 0.6 is 0 Å². The molecule has 1 heterocycles. The number of H-pyrrole nitrogens is 1. The lowest BCUT2D eigenvalue weighted by Gasteiger charge is -2.01. The second-order valence-electron chi connectivity index (χ2n) is 4.40. The first kappa shape index (κ1) is 12.3. The Hall–Kier alpha value is -2.74. The summed E-state index contributed by atoms with van der Waals surface area (Å²) in [6, 6.07) is 10.8. The second-order valence-corrected chi connectivity index (χ2v) is 4.40. The molecule has 0 bridgehead atoms. The van der Waals surface area contributed by atoms with Gasteiger partial charge in [-0.1, -0.05) is 6.07 Å². The van der Waals surface area contributed by atoms with E-state index >= 15 is 0 Å². The van der Waals surface area contributed by atoms with E-state index in [9.17, 15) is 8.78 Å². The summed E-state index contributed by atoms with van der Waals surface area (Å²) in [6.07, 6.45) is 0.0368. The van der Waals surface area contributed by atoms with Crippen molar-refractivity contribution in [2.75, 3.05) is 0 Å². The third-order valence-electron chi connectivity index (χ3n) is 3.07. The highest BCUT2D eigenvalue weighted by Crippen LogP contribution is 2.18.